The average molecular weight is 861 g/mol. The largest absolute Gasteiger partial charge is 0.494 e. The van der Waals surface area contributed by atoms with E-state index < -0.39 is 23.9 Å². The summed E-state index contributed by atoms with van der Waals surface area (Å²) >= 11 is 0. The Bertz CT molecular complexity index is 1840. The number of carbonyl (C=O) groups is 4. The van der Waals surface area contributed by atoms with Gasteiger partial charge in [0.15, 0.2) is 0 Å². The minimum absolute atomic E-state index is 0.205. The maximum atomic E-state index is 12.5. The van der Waals surface area contributed by atoms with Crippen molar-refractivity contribution in [2.45, 2.75) is 110 Å². The third kappa shape index (κ3) is 21.0. The van der Waals surface area contributed by atoms with E-state index in [9.17, 15) is 19.2 Å². The van der Waals surface area contributed by atoms with Gasteiger partial charge in [-0.3, -0.25) is 0 Å². The van der Waals surface area contributed by atoms with Crippen LogP contribution in [-0.2, 0) is 19.1 Å². The van der Waals surface area contributed by atoms with E-state index in [1.165, 1.54) is 76.4 Å². The second-order valence-corrected chi connectivity index (χ2v) is 15.3. The maximum absolute atomic E-state index is 12.5. The average Bonchev–Trinajstić information content (AvgIpc) is 3.30. The molecule has 0 amide bonds. The summed E-state index contributed by atoms with van der Waals surface area (Å²) in [5, 5.41) is 0. The summed E-state index contributed by atoms with van der Waals surface area (Å²) in [6, 6.07) is 27.4. The van der Waals surface area contributed by atoms with Gasteiger partial charge in [-0.1, -0.05) is 102 Å². The Hall–Kier alpha value is -6.16. The van der Waals surface area contributed by atoms with Gasteiger partial charge in [0.1, 0.15) is 23.0 Å². The smallest absolute Gasteiger partial charge is 0.338 e. The van der Waals surface area contributed by atoms with Gasteiger partial charge in [-0.05, 0) is 128 Å². The highest BCUT2D eigenvalue weighted by Crippen LogP contribution is 2.19. The van der Waals surface area contributed by atoms with E-state index >= 15 is 0 Å². The van der Waals surface area contributed by atoms with Crippen LogP contribution < -0.4 is 18.9 Å². The molecule has 0 radical (unpaired) electrons. The van der Waals surface area contributed by atoms with E-state index in [4.69, 9.17) is 28.4 Å². The zero-order chi connectivity index (χ0) is 44.7. The molecular formula is C53H64O10. The normalized spacial score (nSPS) is 11.1. The number of unbranched alkanes of at least 4 members (excludes halogenated alkanes) is 12. The van der Waals surface area contributed by atoms with Crippen LogP contribution in [-0.4, -0.2) is 50.3 Å². The predicted molar refractivity (Wildman–Crippen MR) is 247 cm³/mol. The van der Waals surface area contributed by atoms with Gasteiger partial charge >= 0.3 is 23.9 Å². The molecule has 0 saturated heterocycles. The Morgan fingerprint density at radius 2 is 0.698 bits per heavy atom. The van der Waals surface area contributed by atoms with Crippen molar-refractivity contribution in [2.24, 2.45) is 0 Å². The molecule has 0 bridgehead atoms. The first-order chi connectivity index (χ1) is 30.8. The first-order valence-electron chi connectivity index (χ1n) is 22.6. The summed E-state index contributed by atoms with van der Waals surface area (Å²) in [5.74, 6) is 0.158. The fraction of sp³-hybridized carbons (Fsp3) is 0.396. The van der Waals surface area contributed by atoms with Crippen LogP contribution in [0.5, 0.6) is 23.0 Å². The van der Waals surface area contributed by atoms with Crippen LogP contribution in [0.2, 0.25) is 0 Å². The summed E-state index contributed by atoms with van der Waals surface area (Å²) in [6.45, 7) is 6.23. The molecule has 63 heavy (non-hydrogen) atoms. The van der Waals surface area contributed by atoms with Gasteiger partial charge in [-0.15, -0.1) is 0 Å². The minimum Gasteiger partial charge on any atom is -0.494 e. The van der Waals surface area contributed by atoms with Crippen molar-refractivity contribution in [3.63, 3.8) is 0 Å². The molecule has 0 N–H and O–H groups in total. The van der Waals surface area contributed by atoms with Crippen LogP contribution in [0.3, 0.4) is 0 Å². The number of esters is 4. The van der Waals surface area contributed by atoms with Crippen LogP contribution in [0.1, 0.15) is 142 Å². The molecule has 0 unspecified atom stereocenters. The molecule has 0 fully saturated rings. The molecule has 4 aromatic rings. The van der Waals surface area contributed by atoms with Crippen molar-refractivity contribution in [2.75, 3.05) is 26.4 Å². The third-order valence-electron chi connectivity index (χ3n) is 9.99. The third-order valence-corrected chi connectivity index (χ3v) is 9.99. The highest BCUT2D eigenvalue weighted by atomic mass is 16.5. The van der Waals surface area contributed by atoms with Crippen LogP contribution in [0.15, 0.2) is 109 Å². The molecule has 0 aliphatic carbocycles. The molecular weight excluding hydrogens is 797 g/mol. The minimum atomic E-state index is -0.540. The molecule has 336 valence electrons. The molecule has 4 rings (SSSR count). The lowest BCUT2D eigenvalue weighted by Gasteiger charge is -2.07. The SMILES string of the molecule is CCCCCCCCOc1ccc(/C=C/C(=O)Oc2ccc(C(=O)OCCCCCOC(=O)c3ccc(OC(=O)/C=C/c4ccc(OCCCCCCCC)cc4)cc3)cc2)cc1. The number of carbonyl (C=O) groups excluding carboxylic acids is 4. The van der Waals surface area contributed by atoms with Crippen LogP contribution in [0, 0.1) is 0 Å². The van der Waals surface area contributed by atoms with Gasteiger partial charge in [0.05, 0.1) is 37.6 Å². The van der Waals surface area contributed by atoms with Gasteiger partial charge < -0.3 is 28.4 Å². The maximum Gasteiger partial charge on any atom is 0.338 e. The molecule has 0 aliphatic rings. The quantitative estimate of drug-likeness (QED) is 0.0217. The van der Waals surface area contributed by atoms with Gasteiger partial charge in [0.25, 0.3) is 0 Å². The highest BCUT2D eigenvalue weighted by molar-refractivity contribution is 5.91. The van der Waals surface area contributed by atoms with Crippen LogP contribution in [0.25, 0.3) is 12.2 Å². The summed E-state index contributed by atoms with van der Waals surface area (Å²) < 4.78 is 33.1. The standard InChI is InChI=1S/C53H64O10/c1-3-5-7-9-11-14-38-58-46-28-18-42(19-29-46)22-36-50(54)62-48-32-24-44(25-33-48)52(56)60-40-16-13-17-41-61-53(57)45-26-34-49(35-27-45)63-51(55)37-23-43-20-30-47(31-21-43)59-39-15-12-10-8-6-4-2/h18-37H,3-17,38-41H2,1-2H3/b36-22+,37-23+. The van der Waals surface area contributed by atoms with E-state index in [0.717, 1.165) is 35.5 Å². The van der Waals surface area contributed by atoms with Crippen LogP contribution in [0.4, 0.5) is 0 Å². The molecule has 0 heterocycles. The second kappa shape index (κ2) is 30.0. The summed E-state index contributed by atoms with van der Waals surface area (Å²) in [7, 11) is 0. The number of rotatable bonds is 30. The van der Waals surface area contributed by atoms with E-state index in [1.807, 2.05) is 48.5 Å². The fourth-order valence-corrected chi connectivity index (χ4v) is 6.32. The number of ether oxygens (including phenoxy) is 6. The van der Waals surface area contributed by atoms with Crippen molar-refractivity contribution in [1.29, 1.82) is 0 Å². The van der Waals surface area contributed by atoms with E-state index in [0.29, 0.717) is 55.1 Å². The molecule has 10 nitrogen and oxygen atoms in total. The van der Waals surface area contributed by atoms with Gasteiger partial charge in [-0.2, -0.15) is 0 Å². The van der Waals surface area contributed by atoms with Crippen molar-refractivity contribution in [1.82, 2.24) is 0 Å². The second-order valence-electron chi connectivity index (χ2n) is 15.3. The van der Waals surface area contributed by atoms with Crippen molar-refractivity contribution >= 4 is 36.0 Å². The van der Waals surface area contributed by atoms with Crippen molar-refractivity contribution in [3.8, 4) is 23.0 Å². The van der Waals surface area contributed by atoms with E-state index in [2.05, 4.69) is 13.8 Å². The predicted octanol–water partition coefficient (Wildman–Crippen LogP) is 12.6. The van der Waals surface area contributed by atoms with E-state index in [-0.39, 0.29) is 13.2 Å². The zero-order valence-corrected chi connectivity index (χ0v) is 37.1. The van der Waals surface area contributed by atoms with Crippen LogP contribution >= 0.6 is 0 Å². The fourth-order valence-electron chi connectivity index (χ4n) is 6.32. The lowest BCUT2D eigenvalue weighted by Crippen LogP contribution is -2.09. The Kier molecular flexibility index (Phi) is 23.6. The van der Waals surface area contributed by atoms with Crippen molar-refractivity contribution in [3.05, 3.63) is 131 Å². The molecule has 10 heteroatoms. The summed E-state index contributed by atoms with van der Waals surface area (Å²) in [5.41, 5.74) is 2.35. The van der Waals surface area contributed by atoms with E-state index in [1.54, 1.807) is 60.7 Å². The molecule has 0 saturated carbocycles. The lowest BCUT2D eigenvalue weighted by molar-refractivity contribution is -0.129. The first-order valence-corrected chi connectivity index (χ1v) is 22.6. The van der Waals surface area contributed by atoms with Gasteiger partial charge in [-0.25, -0.2) is 19.2 Å². The highest BCUT2D eigenvalue weighted by Gasteiger charge is 2.11. The topological polar surface area (TPSA) is 124 Å². The summed E-state index contributed by atoms with van der Waals surface area (Å²) in [6.07, 6.45) is 22.5. The molecule has 4 aromatic carbocycles. The Balaban J connectivity index is 1.03. The zero-order valence-electron chi connectivity index (χ0n) is 37.1. The van der Waals surface area contributed by atoms with Gasteiger partial charge in [0.2, 0.25) is 0 Å². The first kappa shape index (κ1) is 49.5. The van der Waals surface area contributed by atoms with Crippen molar-refractivity contribution < 1.29 is 47.6 Å². The Morgan fingerprint density at radius 1 is 0.381 bits per heavy atom. The monoisotopic (exact) mass is 860 g/mol. The number of benzene rings is 4. The lowest BCUT2D eigenvalue weighted by atomic mass is 10.1. The number of hydrogen-bond acceptors (Lipinski definition) is 10. The Labute approximate surface area is 373 Å². The molecule has 0 atom stereocenters. The number of hydrogen-bond donors (Lipinski definition) is 0. The summed E-state index contributed by atoms with van der Waals surface area (Å²) in [4.78, 5) is 49.8. The molecule has 0 aromatic heterocycles. The Morgan fingerprint density at radius 3 is 1.08 bits per heavy atom. The molecule has 0 aliphatic heterocycles. The molecule has 0 spiro atoms. The van der Waals surface area contributed by atoms with Gasteiger partial charge in [0, 0.05) is 12.2 Å².